The molecular weight excluding hydrogens is 499 g/mol. The number of carbonyl (C=O) groups excluding carboxylic acids is 2. The summed E-state index contributed by atoms with van der Waals surface area (Å²) in [6.45, 7) is 2.71. The molecule has 0 saturated carbocycles. The molecule has 1 aliphatic rings. The standard InChI is InChI=1S/C28H22ClFN2O5/c1-15-4-3-5-22(29)25(15)27(34)32-14-21(19-8-7-17(28(35)36)10-23(19)30)20-9-6-16(11-24(20)32)26(33)31-12-18(13-31)37-2/h3-11,14,18H,12-13H2,1-2H3,(H,35,36). The molecule has 0 aliphatic carbocycles. The third-order valence-corrected chi connectivity index (χ3v) is 7.00. The molecule has 1 amide bonds. The van der Waals surface area contributed by atoms with E-state index in [9.17, 15) is 19.5 Å². The second-order valence-corrected chi connectivity index (χ2v) is 9.36. The van der Waals surface area contributed by atoms with Crippen LogP contribution in [0.25, 0.3) is 22.0 Å². The lowest BCUT2D eigenvalue weighted by Gasteiger charge is -2.38. The average molecular weight is 521 g/mol. The fourth-order valence-electron chi connectivity index (χ4n) is 4.57. The van der Waals surface area contributed by atoms with Gasteiger partial charge in [0.2, 0.25) is 0 Å². The monoisotopic (exact) mass is 520 g/mol. The van der Waals surface area contributed by atoms with E-state index in [1.165, 1.54) is 22.9 Å². The summed E-state index contributed by atoms with van der Waals surface area (Å²) < 4.78 is 21.7. The second-order valence-electron chi connectivity index (χ2n) is 8.95. The normalized spacial score (nSPS) is 13.6. The zero-order valence-corrected chi connectivity index (χ0v) is 20.8. The van der Waals surface area contributed by atoms with Gasteiger partial charge in [0.25, 0.3) is 11.8 Å². The Hall–Kier alpha value is -4.01. The van der Waals surface area contributed by atoms with Gasteiger partial charge in [-0.2, -0.15) is 0 Å². The van der Waals surface area contributed by atoms with E-state index in [1.54, 1.807) is 55.3 Å². The van der Waals surface area contributed by atoms with E-state index in [1.807, 2.05) is 0 Å². The summed E-state index contributed by atoms with van der Waals surface area (Å²) in [6.07, 6.45) is 1.48. The molecule has 5 rings (SSSR count). The van der Waals surface area contributed by atoms with Gasteiger partial charge in [0.1, 0.15) is 5.82 Å². The first-order valence-electron chi connectivity index (χ1n) is 11.5. The van der Waals surface area contributed by atoms with Crippen LogP contribution in [-0.2, 0) is 4.74 Å². The minimum absolute atomic E-state index is 0.00957. The van der Waals surface area contributed by atoms with Gasteiger partial charge in [-0.3, -0.25) is 14.2 Å². The highest BCUT2D eigenvalue weighted by Crippen LogP contribution is 2.35. The summed E-state index contributed by atoms with van der Waals surface area (Å²) >= 11 is 6.38. The van der Waals surface area contributed by atoms with Gasteiger partial charge >= 0.3 is 5.97 Å². The molecule has 0 spiro atoms. The third kappa shape index (κ3) is 4.28. The van der Waals surface area contributed by atoms with E-state index in [4.69, 9.17) is 16.3 Å². The van der Waals surface area contributed by atoms with Crippen molar-refractivity contribution in [3.8, 4) is 11.1 Å². The number of carbonyl (C=O) groups is 3. The zero-order valence-electron chi connectivity index (χ0n) is 20.0. The largest absolute Gasteiger partial charge is 0.478 e. The molecule has 1 N–H and O–H groups in total. The molecule has 188 valence electrons. The van der Waals surface area contributed by atoms with Crippen LogP contribution in [0, 0.1) is 12.7 Å². The van der Waals surface area contributed by atoms with E-state index in [0.717, 1.165) is 6.07 Å². The quantitative estimate of drug-likeness (QED) is 0.387. The molecule has 4 aromatic rings. The number of aryl methyl sites for hydroxylation is 1. The molecule has 1 saturated heterocycles. The summed E-state index contributed by atoms with van der Waals surface area (Å²) in [5.41, 5.74) is 2.04. The summed E-state index contributed by atoms with van der Waals surface area (Å²) in [5.74, 6) is -2.63. The molecule has 0 bridgehead atoms. The fourth-order valence-corrected chi connectivity index (χ4v) is 4.87. The van der Waals surface area contributed by atoms with Crippen LogP contribution >= 0.6 is 11.6 Å². The van der Waals surface area contributed by atoms with E-state index < -0.39 is 17.7 Å². The van der Waals surface area contributed by atoms with E-state index in [2.05, 4.69) is 0 Å². The molecule has 0 unspecified atom stereocenters. The van der Waals surface area contributed by atoms with Crippen molar-refractivity contribution in [3.05, 3.63) is 93.9 Å². The molecular formula is C28H22ClFN2O5. The van der Waals surface area contributed by atoms with Crippen molar-refractivity contribution in [2.75, 3.05) is 20.2 Å². The Balaban J connectivity index is 1.68. The Morgan fingerprint density at radius 2 is 1.73 bits per heavy atom. The molecule has 1 aromatic heterocycles. The van der Waals surface area contributed by atoms with Gasteiger partial charge in [0.15, 0.2) is 0 Å². The van der Waals surface area contributed by atoms with Crippen LogP contribution in [0.5, 0.6) is 0 Å². The Morgan fingerprint density at radius 3 is 2.38 bits per heavy atom. The predicted molar refractivity (Wildman–Crippen MR) is 137 cm³/mol. The smallest absolute Gasteiger partial charge is 0.335 e. The number of benzene rings is 3. The number of hydrogen-bond acceptors (Lipinski definition) is 4. The van der Waals surface area contributed by atoms with Crippen molar-refractivity contribution < 1.29 is 28.6 Å². The fraction of sp³-hybridized carbons (Fsp3) is 0.179. The molecule has 37 heavy (non-hydrogen) atoms. The van der Waals surface area contributed by atoms with Gasteiger partial charge in [0, 0.05) is 48.5 Å². The van der Waals surface area contributed by atoms with Gasteiger partial charge < -0.3 is 14.7 Å². The number of aromatic carboxylic acids is 1. The minimum Gasteiger partial charge on any atom is -0.478 e. The van der Waals surface area contributed by atoms with Crippen molar-refractivity contribution in [1.82, 2.24) is 9.47 Å². The van der Waals surface area contributed by atoms with E-state index in [-0.39, 0.29) is 33.7 Å². The van der Waals surface area contributed by atoms with Crippen LogP contribution in [0.1, 0.15) is 36.6 Å². The van der Waals surface area contributed by atoms with Crippen LogP contribution in [0.3, 0.4) is 0 Å². The van der Waals surface area contributed by atoms with Crippen LogP contribution in [0.15, 0.2) is 60.8 Å². The third-order valence-electron chi connectivity index (χ3n) is 6.68. The van der Waals surface area contributed by atoms with Crippen molar-refractivity contribution >= 4 is 40.3 Å². The lowest BCUT2D eigenvalue weighted by Crippen LogP contribution is -2.54. The van der Waals surface area contributed by atoms with Crippen LogP contribution in [-0.4, -0.2) is 58.7 Å². The lowest BCUT2D eigenvalue weighted by atomic mass is 10.0. The SMILES string of the molecule is COC1CN(C(=O)c2ccc3c(-c4ccc(C(=O)O)cc4F)cn(C(=O)c4c(C)cccc4Cl)c3c2)C1. The maximum Gasteiger partial charge on any atom is 0.335 e. The number of carboxylic acids is 1. The molecule has 7 nitrogen and oxygen atoms in total. The minimum atomic E-state index is -1.25. The molecule has 0 atom stereocenters. The Labute approximate surface area is 216 Å². The number of rotatable bonds is 5. The van der Waals surface area contributed by atoms with Gasteiger partial charge in [-0.25, -0.2) is 9.18 Å². The molecule has 3 aromatic carbocycles. The number of nitrogens with zero attached hydrogens (tertiary/aromatic N) is 2. The number of methoxy groups -OCH3 is 1. The van der Waals surface area contributed by atoms with Crippen LogP contribution in [0.2, 0.25) is 5.02 Å². The molecule has 1 fully saturated rings. The van der Waals surface area contributed by atoms with Crippen molar-refractivity contribution in [2.24, 2.45) is 0 Å². The van der Waals surface area contributed by atoms with E-state index in [0.29, 0.717) is 40.7 Å². The van der Waals surface area contributed by atoms with Crippen LogP contribution < -0.4 is 0 Å². The first kappa shape index (κ1) is 24.7. The molecule has 0 radical (unpaired) electrons. The number of amides is 1. The Morgan fingerprint density at radius 1 is 1.00 bits per heavy atom. The number of likely N-dealkylation sites (tertiary alicyclic amines) is 1. The second kappa shape index (κ2) is 9.46. The van der Waals surface area contributed by atoms with Gasteiger partial charge in [-0.05, 0) is 42.8 Å². The lowest BCUT2D eigenvalue weighted by molar-refractivity contribution is -0.0191. The van der Waals surface area contributed by atoms with Crippen molar-refractivity contribution in [1.29, 1.82) is 0 Å². The number of hydrogen-bond donors (Lipinski definition) is 1. The number of fused-ring (bicyclic) bond motifs is 1. The predicted octanol–water partition coefficient (Wildman–Crippen LogP) is 5.27. The topological polar surface area (TPSA) is 88.8 Å². The molecule has 2 heterocycles. The number of ether oxygens (including phenoxy) is 1. The van der Waals surface area contributed by atoms with E-state index >= 15 is 4.39 Å². The zero-order chi connectivity index (χ0) is 26.4. The van der Waals surface area contributed by atoms with Crippen LogP contribution in [0.4, 0.5) is 4.39 Å². The Kier molecular flexibility index (Phi) is 6.31. The van der Waals surface area contributed by atoms with Gasteiger partial charge in [-0.1, -0.05) is 35.9 Å². The summed E-state index contributed by atoms with van der Waals surface area (Å²) in [5, 5.41) is 10.0. The molecule has 9 heteroatoms. The number of carboxylic acid groups (broad SMARTS) is 1. The van der Waals surface area contributed by atoms with Crippen molar-refractivity contribution in [2.45, 2.75) is 13.0 Å². The highest BCUT2D eigenvalue weighted by atomic mass is 35.5. The summed E-state index contributed by atoms with van der Waals surface area (Å²) in [6, 6.07) is 13.6. The number of halogens is 2. The Bertz CT molecular complexity index is 1570. The highest BCUT2D eigenvalue weighted by molar-refractivity contribution is 6.34. The summed E-state index contributed by atoms with van der Waals surface area (Å²) in [4.78, 5) is 39.7. The molecule has 1 aliphatic heterocycles. The van der Waals surface area contributed by atoms with Gasteiger partial charge in [0.05, 0.1) is 27.8 Å². The maximum absolute atomic E-state index is 15.1. The first-order chi connectivity index (χ1) is 17.7. The first-order valence-corrected chi connectivity index (χ1v) is 11.9. The number of aromatic nitrogens is 1. The van der Waals surface area contributed by atoms with Crippen molar-refractivity contribution in [3.63, 3.8) is 0 Å². The average Bonchev–Trinajstić information content (AvgIpc) is 3.21. The highest BCUT2D eigenvalue weighted by Gasteiger charge is 2.31. The summed E-state index contributed by atoms with van der Waals surface area (Å²) in [7, 11) is 1.59. The maximum atomic E-state index is 15.1. The van der Waals surface area contributed by atoms with Gasteiger partial charge in [-0.15, -0.1) is 0 Å².